The summed E-state index contributed by atoms with van der Waals surface area (Å²) < 4.78 is 10.4. The third-order valence-corrected chi connectivity index (χ3v) is 3.23. The second kappa shape index (κ2) is 9.65. The first kappa shape index (κ1) is 17.8. The van der Waals surface area contributed by atoms with E-state index < -0.39 is 0 Å². The van der Waals surface area contributed by atoms with Crippen LogP contribution < -0.4 is 14.8 Å². The SMILES string of the molecule is CCC(CC)NC(=O)CO/N=C\c1ccc(OC)c(OC)c1. The Kier molecular flexibility index (Phi) is 7.81. The van der Waals surface area contributed by atoms with Gasteiger partial charge in [-0.05, 0) is 31.0 Å². The number of amides is 1. The zero-order chi connectivity index (χ0) is 16.4. The van der Waals surface area contributed by atoms with Crippen molar-refractivity contribution in [1.82, 2.24) is 5.32 Å². The number of carbonyl (C=O) groups excluding carboxylic acids is 1. The van der Waals surface area contributed by atoms with E-state index in [-0.39, 0.29) is 18.6 Å². The van der Waals surface area contributed by atoms with Crippen molar-refractivity contribution in [2.75, 3.05) is 20.8 Å². The number of oxime groups is 1. The number of ether oxygens (including phenoxy) is 2. The average Bonchev–Trinajstić information content (AvgIpc) is 2.56. The van der Waals surface area contributed by atoms with Crippen LogP contribution in [-0.2, 0) is 9.63 Å². The number of methoxy groups -OCH3 is 2. The van der Waals surface area contributed by atoms with Crippen LogP contribution in [0.15, 0.2) is 23.4 Å². The Morgan fingerprint density at radius 2 is 1.91 bits per heavy atom. The minimum atomic E-state index is -0.168. The normalized spacial score (nSPS) is 10.8. The number of hydrogen-bond acceptors (Lipinski definition) is 5. The molecule has 0 radical (unpaired) electrons. The molecule has 22 heavy (non-hydrogen) atoms. The first-order chi connectivity index (χ1) is 10.6. The molecule has 0 atom stereocenters. The fraction of sp³-hybridized carbons (Fsp3) is 0.500. The van der Waals surface area contributed by atoms with E-state index in [0.717, 1.165) is 18.4 Å². The van der Waals surface area contributed by atoms with E-state index >= 15 is 0 Å². The fourth-order valence-electron chi connectivity index (χ4n) is 1.89. The summed E-state index contributed by atoms with van der Waals surface area (Å²) in [6.07, 6.45) is 3.32. The molecule has 0 aliphatic heterocycles. The Morgan fingerprint density at radius 3 is 2.50 bits per heavy atom. The van der Waals surface area contributed by atoms with E-state index in [9.17, 15) is 4.79 Å². The van der Waals surface area contributed by atoms with Crippen LogP contribution in [-0.4, -0.2) is 39.0 Å². The molecule has 122 valence electrons. The molecule has 0 saturated heterocycles. The fourth-order valence-corrected chi connectivity index (χ4v) is 1.89. The Hall–Kier alpha value is -2.24. The van der Waals surface area contributed by atoms with Crippen LogP contribution in [0.1, 0.15) is 32.3 Å². The van der Waals surface area contributed by atoms with Crippen LogP contribution in [0.5, 0.6) is 11.5 Å². The van der Waals surface area contributed by atoms with Gasteiger partial charge in [0, 0.05) is 11.6 Å². The third-order valence-electron chi connectivity index (χ3n) is 3.23. The van der Waals surface area contributed by atoms with Crippen molar-refractivity contribution >= 4 is 12.1 Å². The van der Waals surface area contributed by atoms with Crippen molar-refractivity contribution in [2.45, 2.75) is 32.7 Å². The molecular formula is C16H24N2O4. The molecule has 0 saturated carbocycles. The van der Waals surface area contributed by atoms with Gasteiger partial charge in [-0.15, -0.1) is 0 Å². The maximum Gasteiger partial charge on any atom is 0.260 e. The van der Waals surface area contributed by atoms with E-state index in [2.05, 4.69) is 10.5 Å². The van der Waals surface area contributed by atoms with Crippen LogP contribution in [0.4, 0.5) is 0 Å². The lowest BCUT2D eigenvalue weighted by Crippen LogP contribution is -2.36. The minimum Gasteiger partial charge on any atom is -0.493 e. The Morgan fingerprint density at radius 1 is 1.23 bits per heavy atom. The molecule has 1 N–H and O–H groups in total. The maximum absolute atomic E-state index is 11.6. The predicted octanol–water partition coefficient (Wildman–Crippen LogP) is 2.36. The third kappa shape index (κ3) is 5.63. The first-order valence-corrected chi connectivity index (χ1v) is 7.31. The van der Waals surface area contributed by atoms with Gasteiger partial charge in [0.2, 0.25) is 0 Å². The van der Waals surface area contributed by atoms with Crippen molar-refractivity contribution < 1.29 is 19.1 Å². The maximum atomic E-state index is 11.6. The highest BCUT2D eigenvalue weighted by atomic mass is 16.6. The molecule has 0 fully saturated rings. The summed E-state index contributed by atoms with van der Waals surface area (Å²) in [6.45, 7) is 3.97. The first-order valence-electron chi connectivity index (χ1n) is 7.31. The Balaban J connectivity index is 2.47. The van der Waals surface area contributed by atoms with Crippen LogP contribution in [0.2, 0.25) is 0 Å². The number of hydrogen-bond donors (Lipinski definition) is 1. The molecule has 0 bridgehead atoms. The zero-order valence-corrected chi connectivity index (χ0v) is 13.6. The summed E-state index contributed by atoms with van der Waals surface area (Å²) in [5.41, 5.74) is 0.790. The summed E-state index contributed by atoms with van der Waals surface area (Å²) in [5.74, 6) is 1.08. The standard InChI is InChI=1S/C16H24N2O4/c1-5-13(6-2)18-16(19)11-22-17-10-12-7-8-14(20-3)15(9-12)21-4/h7-10,13H,5-6,11H2,1-4H3,(H,18,19)/b17-10-. The number of benzene rings is 1. The van der Waals surface area contributed by atoms with Gasteiger partial charge in [-0.2, -0.15) is 0 Å². The second-order valence-corrected chi connectivity index (χ2v) is 4.70. The monoisotopic (exact) mass is 308 g/mol. The van der Waals surface area contributed by atoms with Gasteiger partial charge in [0.25, 0.3) is 5.91 Å². The molecule has 0 aliphatic carbocycles. The van der Waals surface area contributed by atoms with Crippen LogP contribution in [0.25, 0.3) is 0 Å². The van der Waals surface area contributed by atoms with Crippen LogP contribution in [0, 0.1) is 0 Å². The lowest BCUT2D eigenvalue weighted by Gasteiger charge is -2.13. The molecule has 1 aromatic carbocycles. The number of nitrogens with one attached hydrogen (secondary N) is 1. The van der Waals surface area contributed by atoms with E-state index in [0.29, 0.717) is 11.5 Å². The molecule has 0 aliphatic rings. The van der Waals surface area contributed by atoms with E-state index in [1.807, 2.05) is 19.9 Å². The zero-order valence-electron chi connectivity index (χ0n) is 13.6. The van der Waals surface area contributed by atoms with Gasteiger partial charge >= 0.3 is 0 Å². The minimum absolute atomic E-state index is 0.0969. The predicted molar refractivity (Wildman–Crippen MR) is 85.6 cm³/mol. The van der Waals surface area contributed by atoms with Crippen molar-refractivity contribution in [3.05, 3.63) is 23.8 Å². The Labute approximate surface area is 131 Å². The van der Waals surface area contributed by atoms with Crippen molar-refractivity contribution in [3.63, 3.8) is 0 Å². The lowest BCUT2D eigenvalue weighted by molar-refractivity contribution is -0.126. The van der Waals surface area contributed by atoms with Crippen LogP contribution in [0.3, 0.4) is 0 Å². The Bertz CT molecular complexity index is 499. The molecule has 0 heterocycles. The lowest BCUT2D eigenvalue weighted by atomic mass is 10.2. The number of nitrogens with zero attached hydrogens (tertiary/aromatic N) is 1. The molecule has 6 heteroatoms. The molecule has 0 spiro atoms. The molecule has 0 unspecified atom stereocenters. The summed E-state index contributed by atoms with van der Waals surface area (Å²) in [6, 6.07) is 5.56. The summed E-state index contributed by atoms with van der Waals surface area (Å²) >= 11 is 0. The van der Waals surface area contributed by atoms with Crippen molar-refractivity contribution in [1.29, 1.82) is 0 Å². The molecule has 1 rings (SSSR count). The van der Waals surface area contributed by atoms with E-state index in [4.69, 9.17) is 14.3 Å². The van der Waals surface area contributed by atoms with Crippen molar-refractivity contribution in [3.8, 4) is 11.5 Å². The molecular weight excluding hydrogens is 284 g/mol. The molecule has 0 aromatic heterocycles. The smallest absolute Gasteiger partial charge is 0.260 e. The second-order valence-electron chi connectivity index (χ2n) is 4.70. The van der Waals surface area contributed by atoms with Gasteiger partial charge in [0.15, 0.2) is 18.1 Å². The molecule has 1 amide bonds. The number of rotatable bonds is 9. The van der Waals surface area contributed by atoms with Gasteiger partial charge in [-0.1, -0.05) is 19.0 Å². The highest BCUT2D eigenvalue weighted by Crippen LogP contribution is 2.26. The highest BCUT2D eigenvalue weighted by molar-refractivity contribution is 5.81. The summed E-state index contributed by atoms with van der Waals surface area (Å²) in [5, 5.41) is 6.66. The van der Waals surface area contributed by atoms with Gasteiger partial charge < -0.3 is 19.6 Å². The quantitative estimate of drug-likeness (QED) is 0.561. The largest absolute Gasteiger partial charge is 0.493 e. The van der Waals surface area contributed by atoms with Crippen LogP contribution >= 0.6 is 0 Å². The average molecular weight is 308 g/mol. The van der Waals surface area contributed by atoms with Gasteiger partial charge in [-0.25, -0.2) is 0 Å². The topological polar surface area (TPSA) is 69.2 Å². The summed E-state index contributed by atoms with van der Waals surface area (Å²) in [4.78, 5) is 16.6. The molecule has 6 nitrogen and oxygen atoms in total. The van der Waals surface area contributed by atoms with Gasteiger partial charge in [0.1, 0.15) is 0 Å². The van der Waals surface area contributed by atoms with Crippen molar-refractivity contribution in [2.24, 2.45) is 5.16 Å². The van der Waals surface area contributed by atoms with Gasteiger partial charge in [-0.3, -0.25) is 4.79 Å². The molecule has 1 aromatic rings. The number of carbonyl (C=O) groups is 1. The van der Waals surface area contributed by atoms with Gasteiger partial charge in [0.05, 0.1) is 20.4 Å². The van der Waals surface area contributed by atoms with E-state index in [1.54, 1.807) is 26.4 Å². The highest BCUT2D eigenvalue weighted by Gasteiger charge is 2.08. The summed E-state index contributed by atoms with van der Waals surface area (Å²) in [7, 11) is 3.14. The van der Waals surface area contributed by atoms with E-state index in [1.165, 1.54) is 6.21 Å².